The molecule has 0 unspecified atom stereocenters. The second-order valence-corrected chi connectivity index (χ2v) is 5.43. The molecule has 0 radical (unpaired) electrons. The molecule has 0 amide bonds. The van der Waals surface area contributed by atoms with Gasteiger partial charge in [0.25, 0.3) is 0 Å². The lowest BCUT2D eigenvalue weighted by atomic mass is 10.2. The Hall–Kier alpha value is -2.59. The van der Waals surface area contributed by atoms with Gasteiger partial charge in [0.15, 0.2) is 5.75 Å². The number of hydrogen-bond donors (Lipinski definition) is 0. The van der Waals surface area contributed by atoms with Gasteiger partial charge in [0.1, 0.15) is 11.3 Å². The summed E-state index contributed by atoms with van der Waals surface area (Å²) in [6.07, 6.45) is 0. The fourth-order valence-electron chi connectivity index (χ4n) is 2.25. The van der Waals surface area contributed by atoms with E-state index in [4.69, 9.17) is 21.1 Å². The molecule has 0 bridgehead atoms. The highest BCUT2D eigenvalue weighted by atomic mass is 35.5. The van der Waals surface area contributed by atoms with Crippen LogP contribution in [0.5, 0.6) is 11.5 Å². The van der Waals surface area contributed by atoms with Gasteiger partial charge in [-0.05, 0) is 37.3 Å². The number of carbonyl (C=O) groups excluding carboxylic acids is 1. The highest BCUT2D eigenvalue weighted by Crippen LogP contribution is 2.27. The Morgan fingerprint density at radius 3 is 2.65 bits per heavy atom. The van der Waals surface area contributed by atoms with Gasteiger partial charge in [-0.15, -0.1) is 0 Å². The summed E-state index contributed by atoms with van der Waals surface area (Å²) in [6.45, 7) is 1.89. The third kappa shape index (κ3) is 3.12. The van der Waals surface area contributed by atoms with E-state index in [0.717, 1.165) is 11.1 Å². The second-order valence-electron chi connectivity index (χ2n) is 5.02. The maximum Gasteiger partial charge on any atom is 0.343 e. The zero-order valence-corrected chi connectivity index (χ0v) is 13.4. The molecule has 0 aliphatic carbocycles. The van der Waals surface area contributed by atoms with Gasteiger partial charge in [-0.3, -0.25) is 0 Å². The van der Waals surface area contributed by atoms with Crippen molar-refractivity contribution in [3.63, 3.8) is 0 Å². The quantitative estimate of drug-likeness (QED) is 0.527. The predicted octanol–water partition coefficient (Wildman–Crippen LogP) is 4.42. The number of para-hydroxylation sites is 1. The van der Waals surface area contributed by atoms with Crippen molar-refractivity contribution in [3.8, 4) is 11.5 Å². The molecule has 0 N–H and O–H groups in total. The molecule has 4 nitrogen and oxygen atoms in total. The third-order valence-corrected chi connectivity index (χ3v) is 3.71. The molecule has 1 heterocycles. The van der Waals surface area contributed by atoms with E-state index < -0.39 is 5.97 Å². The van der Waals surface area contributed by atoms with E-state index in [1.165, 1.54) is 13.2 Å². The van der Waals surface area contributed by atoms with Crippen LogP contribution < -0.4 is 9.47 Å². The number of benzene rings is 2. The minimum atomic E-state index is -0.495. The van der Waals surface area contributed by atoms with Gasteiger partial charge in [-0.2, -0.15) is 0 Å². The van der Waals surface area contributed by atoms with Crippen molar-refractivity contribution in [1.82, 2.24) is 4.98 Å². The van der Waals surface area contributed by atoms with Crippen LogP contribution >= 0.6 is 11.6 Å². The molecule has 23 heavy (non-hydrogen) atoms. The molecule has 5 heteroatoms. The van der Waals surface area contributed by atoms with E-state index in [1.807, 2.05) is 31.2 Å². The number of hydrogen-bond acceptors (Lipinski definition) is 4. The molecule has 0 saturated carbocycles. The third-order valence-electron chi connectivity index (χ3n) is 3.41. The zero-order valence-electron chi connectivity index (χ0n) is 12.7. The maximum atomic E-state index is 12.3. The first-order valence-corrected chi connectivity index (χ1v) is 7.38. The molecule has 0 aliphatic heterocycles. The van der Waals surface area contributed by atoms with E-state index in [1.54, 1.807) is 18.2 Å². The van der Waals surface area contributed by atoms with Crippen LogP contribution in [0.25, 0.3) is 10.9 Å². The van der Waals surface area contributed by atoms with Crippen LogP contribution in [0, 0.1) is 6.92 Å². The average molecular weight is 328 g/mol. The monoisotopic (exact) mass is 327 g/mol. The van der Waals surface area contributed by atoms with Gasteiger partial charge in [0.05, 0.1) is 17.7 Å². The Labute approximate surface area is 138 Å². The molecular formula is C18H14ClNO3. The summed E-state index contributed by atoms with van der Waals surface area (Å²) < 4.78 is 10.6. The molecule has 116 valence electrons. The van der Waals surface area contributed by atoms with Crippen molar-refractivity contribution in [2.45, 2.75) is 6.92 Å². The lowest BCUT2D eigenvalue weighted by Crippen LogP contribution is -2.09. The normalized spacial score (nSPS) is 10.6. The highest BCUT2D eigenvalue weighted by Gasteiger charge is 2.13. The molecular weight excluding hydrogens is 314 g/mol. The van der Waals surface area contributed by atoms with E-state index in [9.17, 15) is 4.79 Å². The first-order valence-electron chi connectivity index (χ1n) is 7.00. The Bertz CT molecular complexity index is 893. The minimum Gasteiger partial charge on any atom is -0.495 e. The highest BCUT2D eigenvalue weighted by molar-refractivity contribution is 6.32. The number of halogens is 1. The van der Waals surface area contributed by atoms with Crippen molar-refractivity contribution in [2.24, 2.45) is 0 Å². The Kier molecular flexibility index (Phi) is 4.17. The summed E-state index contributed by atoms with van der Waals surface area (Å²) in [5.41, 5.74) is 1.86. The maximum absolute atomic E-state index is 12.3. The summed E-state index contributed by atoms with van der Waals surface area (Å²) in [5, 5.41) is 1.27. The fourth-order valence-corrected chi connectivity index (χ4v) is 2.51. The van der Waals surface area contributed by atoms with Gasteiger partial charge < -0.3 is 9.47 Å². The SMILES string of the molecule is COc1ccc(C(=O)Oc2cccc3ccc(C)nc23)cc1Cl. The van der Waals surface area contributed by atoms with Gasteiger partial charge in [0.2, 0.25) is 0 Å². The summed E-state index contributed by atoms with van der Waals surface area (Å²) in [6, 6.07) is 14.1. The summed E-state index contributed by atoms with van der Waals surface area (Å²) in [7, 11) is 1.52. The number of aromatic nitrogens is 1. The number of esters is 1. The first kappa shape index (κ1) is 15.3. The average Bonchev–Trinajstić information content (AvgIpc) is 2.55. The van der Waals surface area contributed by atoms with Gasteiger partial charge in [-0.25, -0.2) is 9.78 Å². The number of pyridine rings is 1. The van der Waals surface area contributed by atoms with E-state index in [2.05, 4.69) is 4.98 Å². The summed E-state index contributed by atoms with van der Waals surface area (Å²) >= 11 is 6.05. The largest absolute Gasteiger partial charge is 0.495 e. The second kappa shape index (κ2) is 6.26. The van der Waals surface area contributed by atoms with Crippen LogP contribution in [0.1, 0.15) is 16.1 Å². The van der Waals surface area contributed by atoms with Crippen LogP contribution in [-0.2, 0) is 0 Å². The minimum absolute atomic E-state index is 0.348. The van der Waals surface area contributed by atoms with Crippen molar-refractivity contribution in [1.29, 1.82) is 0 Å². The zero-order chi connectivity index (χ0) is 16.4. The Morgan fingerprint density at radius 2 is 1.91 bits per heavy atom. The smallest absolute Gasteiger partial charge is 0.343 e. The van der Waals surface area contributed by atoms with Gasteiger partial charge in [0, 0.05) is 11.1 Å². The molecule has 0 saturated heterocycles. The Morgan fingerprint density at radius 1 is 1.09 bits per heavy atom. The number of nitrogens with zero attached hydrogens (tertiary/aromatic N) is 1. The molecule has 3 rings (SSSR count). The van der Waals surface area contributed by atoms with Crippen molar-refractivity contribution in [3.05, 3.63) is 64.8 Å². The number of methoxy groups -OCH3 is 1. The van der Waals surface area contributed by atoms with Crippen LogP contribution in [0.2, 0.25) is 5.02 Å². The van der Waals surface area contributed by atoms with Crippen molar-refractivity contribution < 1.29 is 14.3 Å². The van der Waals surface area contributed by atoms with Crippen LogP contribution in [0.15, 0.2) is 48.5 Å². The molecule has 0 aliphatic rings. The van der Waals surface area contributed by atoms with E-state index in [-0.39, 0.29) is 0 Å². The van der Waals surface area contributed by atoms with Crippen LogP contribution in [0.4, 0.5) is 0 Å². The van der Waals surface area contributed by atoms with Gasteiger partial charge in [-0.1, -0.05) is 29.8 Å². The predicted molar refractivity (Wildman–Crippen MR) is 89.4 cm³/mol. The fraction of sp³-hybridized carbons (Fsp3) is 0.111. The number of rotatable bonds is 3. The molecule has 1 aromatic heterocycles. The van der Waals surface area contributed by atoms with E-state index in [0.29, 0.717) is 27.6 Å². The molecule has 3 aromatic rings. The number of fused-ring (bicyclic) bond motifs is 1. The molecule has 0 spiro atoms. The molecule has 2 aromatic carbocycles. The molecule has 0 atom stereocenters. The van der Waals surface area contributed by atoms with Crippen molar-refractivity contribution in [2.75, 3.05) is 7.11 Å². The molecule has 0 fully saturated rings. The number of ether oxygens (including phenoxy) is 2. The topological polar surface area (TPSA) is 48.4 Å². The summed E-state index contributed by atoms with van der Waals surface area (Å²) in [5.74, 6) is 0.430. The first-order chi connectivity index (χ1) is 11.1. The van der Waals surface area contributed by atoms with Crippen molar-refractivity contribution >= 4 is 28.5 Å². The summed E-state index contributed by atoms with van der Waals surface area (Å²) in [4.78, 5) is 16.8. The van der Waals surface area contributed by atoms with Crippen LogP contribution in [0.3, 0.4) is 0 Å². The number of carbonyl (C=O) groups is 1. The lowest BCUT2D eigenvalue weighted by Gasteiger charge is -2.09. The standard InChI is InChI=1S/C18H14ClNO3/c1-11-6-7-12-4-3-5-16(17(12)20-11)23-18(21)13-8-9-15(22-2)14(19)10-13/h3-10H,1-2H3. The lowest BCUT2D eigenvalue weighted by molar-refractivity contribution is 0.0736. The van der Waals surface area contributed by atoms with Crippen LogP contribution in [-0.4, -0.2) is 18.1 Å². The van der Waals surface area contributed by atoms with E-state index >= 15 is 0 Å². The van der Waals surface area contributed by atoms with Gasteiger partial charge >= 0.3 is 5.97 Å². The Balaban J connectivity index is 1.94. The number of aryl methyl sites for hydroxylation is 1.